The molecule has 0 bridgehead atoms. The maximum atomic E-state index is 14.5. The largest absolute Gasteiger partial charge is 0.323 e. The lowest BCUT2D eigenvalue weighted by atomic mass is 10.0. The van der Waals surface area contributed by atoms with E-state index in [0.717, 1.165) is 17.2 Å². The van der Waals surface area contributed by atoms with E-state index in [4.69, 9.17) is 0 Å². The molecular weight excluding hydrogens is 456 g/mol. The summed E-state index contributed by atoms with van der Waals surface area (Å²) in [5.41, 5.74) is 4.15. The standard InChI is InChI=1S/C26H23F2N3O2S/c1-16-4-3-5-20(12-16)29-25(33)31-10-11-34-26(31)21-13-17(2)6-9-23(21)30(24(26)32)15-18-7-8-19(27)14-22(18)28/h3-9,12-14H,10-11,15H2,1-2H3,(H,29,33)/t26-/m1/s1. The number of rotatable bonds is 3. The number of fused-ring (bicyclic) bond motifs is 2. The predicted molar refractivity (Wildman–Crippen MR) is 130 cm³/mol. The van der Waals surface area contributed by atoms with Crippen molar-refractivity contribution in [2.45, 2.75) is 25.3 Å². The third-order valence-electron chi connectivity index (χ3n) is 6.21. The van der Waals surface area contributed by atoms with Gasteiger partial charge in [-0.1, -0.05) is 35.9 Å². The number of urea groups is 1. The van der Waals surface area contributed by atoms with Crippen LogP contribution in [0.2, 0.25) is 0 Å². The summed E-state index contributed by atoms with van der Waals surface area (Å²) in [7, 11) is 0. The summed E-state index contributed by atoms with van der Waals surface area (Å²) in [6, 6.07) is 16.1. The van der Waals surface area contributed by atoms with Gasteiger partial charge in [-0.15, -0.1) is 11.8 Å². The van der Waals surface area contributed by atoms with Crippen LogP contribution in [-0.2, 0) is 16.2 Å². The molecular formula is C26H23F2N3O2S. The van der Waals surface area contributed by atoms with Gasteiger partial charge < -0.3 is 10.2 Å². The van der Waals surface area contributed by atoms with Crippen molar-refractivity contribution in [3.05, 3.63) is 94.6 Å². The van der Waals surface area contributed by atoms with Crippen LogP contribution in [0, 0.1) is 25.5 Å². The first kappa shape index (κ1) is 22.4. The van der Waals surface area contributed by atoms with Gasteiger partial charge in [-0.05, 0) is 43.7 Å². The van der Waals surface area contributed by atoms with Crippen LogP contribution in [0.25, 0.3) is 0 Å². The minimum Gasteiger partial charge on any atom is -0.308 e. The number of thioether (sulfide) groups is 1. The Balaban J connectivity index is 1.54. The maximum absolute atomic E-state index is 14.5. The molecule has 8 heteroatoms. The molecule has 3 aromatic rings. The lowest BCUT2D eigenvalue weighted by Gasteiger charge is -2.33. The van der Waals surface area contributed by atoms with E-state index in [0.29, 0.717) is 29.2 Å². The van der Waals surface area contributed by atoms with Gasteiger partial charge in [0.2, 0.25) is 0 Å². The monoisotopic (exact) mass is 479 g/mol. The third kappa shape index (κ3) is 3.62. The molecule has 5 nitrogen and oxygen atoms in total. The Kier molecular flexibility index (Phi) is 5.56. The van der Waals surface area contributed by atoms with Crippen molar-refractivity contribution in [2.75, 3.05) is 22.5 Å². The van der Waals surface area contributed by atoms with E-state index < -0.39 is 16.5 Å². The number of hydrogen-bond acceptors (Lipinski definition) is 3. The van der Waals surface area contributed by atoms with Crippen molar-refractivity contribution in [3.63, 3.8) is 0 Å². The van der Waals surface area contributed by atoms with Crippen molar-refractivity contribution in [3.8, 4) is 0 Å². The molecule has 1 N–H and O–H groups in total. The van der Waals surface area contributed by atoms with Crippen LogP contribution < -0.4 is 10.2 Å². The molecule has 174 valence electrons. The van der Waals surface area contributed by atoms with Crippen LogP contribution in [0.15, 0.2) is 60.7 Å². The second-order valence-electron chi connectivity index (χ2n) is 8.59. The number of hydrogen-bond donors (Lipinski definition) is 1. The number of amides is 3. The summed E-state index contributed by atoms with van der Waals surface area (Å²) < 4.78 is 27.9. The first-order valence-corrected chi connectivity index (χ1v) is 11.9. The molecule has 1 saturated heterocycles. The van der Waals surface area contributed by atoms with E-state index in [1.165, 1.54) is 28.8 Å². The quantitative estimate of drug-likeness (QED) is 0.535. The molecule has 1 spiro atoms. The summed E-state index contributed by atoms with van der Waals surface area (Å²) in [6.07, 6.45) is 0. The van der Waals surface area contributed by atoms with E-state index in [1.54, 1.807) is 11.0 Å². The molecule has 34 heavy (non-hydrogen) atoms. The zero-order valence-corrected chi connectivity index (χ0v) is 19.6. The van der Waals surface area contributed by atoms with Gasteiger partial charge in [0.1, 0.15) is 11.6 Å². The number of nitrogens with one attached hydrogen (secondary N) is 1. The second kappa shape index (κ2) is 8.43. The molecule has 5 rings (SSSR count). The maximum Gasteiger partial charge on any atom is 0.323 e. The zero-order valence-electron chi connectivity index (χ0n) is 18.8. The van der Waals surface area contributed by atoms with Crippen LogP contribution in [-0.4, -0.2) is 29.1 Å². The Morgan fingerprint density at radius 3 is 2.62 bits per heavy atom. The van der Waals surface area contributed by atoms with Gasteiger partial charge in [0.25, 0.3) is 5.91 Å². The fourth-order valence-electron chi connectivity index (χ4n) is 4.62. The Morgan fingerprint density at radius 1 is 1.06 bits per heavy atom. The van der Waals surface area contributed by atoms with E-state index in [2.05, 4.69) is 5.32 Å². The molecule has 2 aliphatic rings. The first-order chi connectivity index (χ1) is 16.3. The van der Waals surface area contributed by atoms with Gasteiger partial charge in [-0.25, -0.2) is 13.6 Å². The van der Waals surface area contributed by atoms with Crippen molar-refractivity contribution in [1.29, 1.82) is 0 Å². The summed E-state index contributed by atoms with van der Waals surface area (Å²) in [4.78, 5) is 29.2. The molecule has 1 atom stereocenters. The Bertz CT molecular complexity index is 1310. The number of halogens is 2. The molecule has 2 aliphatic heterocycles. The van der Waals surface area contributed by atoms with Crippen LogP contribution in [0.3, 0.4) is 0 Å². The van der Waals surface area contributed by atoms with E-state index in [1.807, 2.05) is 50.2 Å². The van der Waals surface area contributed by atoms with Crippen molar-refractivity contribution in [2.24, 2.45) is 0 Å². The average Bonchev–Trinajstić information content (AvgIpc) is 3.33. The van der Waals surface area contributed by atoms with Crippen molar-refractivity contribution in [1.82, 2.24) is 4.90 Å². The van der Waals surface area contributed by atoms with Gasteiger partial charge >= 0.3 is 6.03 Å². The summed E-state index contributed by atoms with van der Waals surface area (Å²) in [5.74, 6) is -1.11. The highest BCUT2D eigenvalue weighted by Crippen LogP contribution is 2.54. The van der Waals surface area contributed by atoms with Crippen molar-refractivity contribution < 1.29 is 18.4 Å². The van der Waals surface area contributed by atoms with E-state index in [9.17, 15) is 18.4 Å². The molecule has 0 aliphatic carbocycles. The van der Waals surface area contributed by atoms with Crippen LogP contribution in [0.1, 0.15) is 22.3 Å². The molecule has 2 heterocycles. The van der Waals surface area contributed by atoms with E-state index in [-0.39, 0.29) is 24.0 Å². The minimum atomic E-state index is -1.24. The molecule has 0 radical (unpaired) electrons. The van der Waals surface area contributed by atoms with Crippen molar-refractivity contribution >= 4 is 35.1 Å². The second-order valence-corrected chi connectivity index (χ2v) is 9.88. The fraction of sp³-hybridized carbons (Fsp3) is 0.231. The SMILES string of the molecule is Cc1cccc(NC(=O)N2CCS[C@]23C(=O)N(Cc2ccc(F)cc2F)c2ccc(C)cc23)c1. The Morgan fingerprint density at radius 2 is 1.85 bits per heavy atom. The highest BCUT2D eigenvalue weighted by atomic mass is 32.2. The summed E-state index contributed by atoms with van der Waals surface area (Å²) in [5, 5.41) is 2.92. The highest BCUT2D eigenvalue weighted by Gasteiger charge is 2.59. The normalized spacial score (nSPS) is 19.1. The van der Waals surface area contributed by atoms with E-state index >= 15 is 0 Å². The predicted octanol–water partition coefficient (Wildman–Crippen LogP) is 5.56. The van der Waals surface area contributed by atoms with Gasteiger partial charge in [0.15, 0.2) is 4.87 Å². The van der Waals surface area contributed by atoms with Gasteiger partial charge in [-0.3, -0.25) is 9.69 Å². The number of aryl methyl sites for hydroxylation is 2. The lowest BCUT2D eigenvalue weighted by Crippen LogP contribution is -2.51. The Labute approximate surface area is 200 Å². The average molecular weight is 480 g/mol. The van der Waals surface area contributed by atoms with Crippen LogP contribution >= 0.6 is 11.8 Å². The minimum absolute atomic E-state index is 0.0589. The number of benzene rings is 3. The summed E-state index contributed by atoms with van der Waals surface area (Å²) in [6.45, 7) is 4.20. The highest BCUT2D eigenvalue weighted by molar-refractivity contribution is 8.01. The first-order valence-electron chi connectivity index (χ1n) is 11.0. The molecule has 1 fully saturated rings. The number of nitrogens with zero attached hydrogens (tertiary/aromatic N) is 2. The zero-order chi connectivity index (χ0) is 24.0. The van der Waals surface area contributed by atoms with Crippen LogP contribution in [0.5, 0.6) is 0 Å². The Hall–Kier alpha value is -3.39. The molecule has 0 aromatic heterocycles. The fourth-order valence-corrected chi connectivity index (χ4v) is 6.07. The summed E-state index contributed by atoms with van der Waals surface area (Å²) >= 11 is 1.40. The molecule has 0 unspecified atom stereocenters. The van der Waals surface area contributed by atoms with Gasteiger partial charge in [0, 0.05) is 35.2 Å². The molecule has 3 amide bonds. The third-order valence-corrected chi connectivity index (χ3v) is 7.63. The number of carbonyl (C=O) groups excluding carboxylic acids is 2. The topological polar surface area (TPSA) is 52.7 Å². The van der Waals surface area contributed by atoms with Gasteiger partial charge in [-0.2, -0.15) is 0 Å². The smallest absolute Gasteiger partial charge is 0.308 e. The lowest BCUT2D eigenvalue weighted by molar-refractivity contribution is -0.123. The molecule has 3 aromatic carbocycles. The number of anilines is 2. The molecule has 0 saturated carbocycles. The van der Waals surface area contributed by atoms with Crippen LogP contribution in [0.4, 0.5) is 25.0 Å². The number of carbonyl (C=O) groups is 2. The van der Waals surface area contributed by atoms with Gasteiger partial charge in [0.05, 0.1) is 12.2 Å².